The first-order valence-corrected chi connectivity index (χ1v) is 6.34. The van der Waals surface area contributed by atoms with Gasteiger partial charge >= 0.3 is 0 Å². The van der Waals surface area contributed by atoms with Crippen LogP contribution in [-0.2, 0) is 0 Å². The summed E-state index contributed by atoms with van der Waals surface area (Å²) in [5, 5.41) is 0. The lowest BCUT2D eigenvalue weighted by atomic mass is 10.1. The minimum Gasteiger partial charge on any atom is -0.291 e. The third-order valence-corrected chi connectivity index (χ3v) is 4.50. The molecule has 0 saturated heterocycles. The second-order valence-corrected chi connectivity index (χ2v) is 5.09. The molecule has 1 aromatic carbocycles. The maximum absolute atomic E-state index is 11.8. The predicted octanol–water partition coefficient (Wildman–Crippen LogP) is 3.93. The van der Waals surface area contributed by atoms with Crippen molar-refractivity contribution in [3.8, 4) is 0 Å². The van der Waals surface area contributed by atoms with Gasteiger partial charge in [-0.2, -0.15) is 0 Å². The largest absolute Gasteiger partial charge is 0.291 e. The van der Waals surface area contributed by atoms with E-state index in [4.69, 9.17) is 33.9 Å². The van der Waals surface area contributed by atoms with Gasteiger partial charge < -0.3 is 0 Å². The van der Waals surface area contributed by atoms with Crippen molar-refractivity contribution in [1.29, 1.82) is 0 Å². The fourth-order valence-electron chi connectivity index (χ4n) is 0.921. The Morgan fingerprint density at radius 2 is 1.93 bits per heavy atom. The second-order valence-electron chi connectivity index (χ2n) is 2.63. The summed E-state index contributed by atoms with van der Waals surface area (Å²) in [7, 11) is 6.26. The van der Waals surface area contributed by atoms with Gasteiger partial charge in [-0.15, -0.1) is 11.6 Å². The molecule has 1 nitrogen and oxygen atoms in total. The minimum absolute atomic E-state index is 0.0313. The molecule has 0 saturated carbocycles. The zero-order valence-corrected chi connectivity index (χ0v) is 10.1. The van der Waals surface area contributed by atoms with Crippen LogP contribution in [0.25, 0.3) is 0 Å². The van der Waals surface area contributed by atoms with Gasteiger partial charge in [-0.25, -0.2) is 0 Å². The molecule has 0 N–H and O–H groups in total. The summed E-state index contributed by atoms with van der Waals surface area (Å²) >= 11 is 11.5. The Morgan fingerprint density at radius 1 is 1.36 bits per heavy atom. The summed E-state index contributed by atoms with van der Waals surface area (Å²) < 4.78 is -1.27. The minimum atomic E-state index is -1.27. The van der Waals surface area contributed by atoms with Crippen LogP contribution in [0.1, 0.15) is 10.4 Å². The summed E-state index contributed by atoms with van der Waals surface area (Å²) in [5.74, 6) is -0.300. The molecule has 0 heterocycles. The van der Waals surface area contributed by atoms with Crippen molar-refractivity contribution in [1.82, 2.24) is 0 Å². The molecule has 14 heavy (non-hydrogen) atoms. The van der Waals surface area contributed by atoms with E-state index in [1.165, 1.54) is 0 Å². The highest BCUT2D eigenvalue weighted by atomic mass is 35.7. The van der Waals surface area contributed by atoms with E-state index in [0.717, 1.165) is 11.0 Å². The van der Waals surface area contributed by atoms with E-state index < -0.39 is 4.21 Å². The molecule has 0 radical (unpaired) electrons. The predicted molar refractivity (Wildman–Crippen MR) is 63.5 cm³/mol. The van der Waals surface area contributed by atoms with E-state index in [0.29, 0.717) is 5.56 Å². The first kappa shape index (κ1) is 12.2. The number of carbonyl (C=O) groups excluding carboxylic acids is 1. The molecule has 76 valence electrons. The molecule has 0 fully saturated rings. The Balaban J connectivity index is 2.95. The molecule has 1 unspecified atom stereocenters. The first-order chi connectivity index (χ1) is 6.64. The Bertz CT molecular complexity index is 311. The zero-order valence-electron chi connectivity index (χ0n) is 7.04. The SMILES string of the molecule is O=C(c1ccccc1)C(Cl)(CCl)SCl. The van der Waals surface area contributed by atoms with Crippen molar-refractivity contribution in [2.24, 2.45) is 0 Å². The van der Waals surface area contributed by atoms with Gasteiger partial charge in [0, 0.05) is 5.56 Å². The Kier molecular flexibility index (Phi) is 4.58. The topological polar surface area (TPSA) is 17.1 Å². The lowest BCUT2D eigenvalue weighted by Gasteiger charge is -2.18. The van der Waals surface area contributed by atoms with Gasteiger partial charge in [-0.1, -0.05) is 41.9 Å². The normalized spacial score (nSPS) is 14.8. The number of benzene rings is 1. The van der Waals surface area contributed by atoms with Crippen LogP contribution in [-0.4, -0.2) is 15.9 Å². The highest BCUT2D eigenvalue weighted by molar-refractivity contribution is 8.23. The lowest BCUT2D eigenvalue weighted by Crippen LogP contribution is -2.29. The Labute approximate surface area is 101 Å². The maximum atomic E-state index is 11.8. The van der Waals surface area contributed by atoms with E-state index in [9.17, 15) is 4.79 Å². The summed E-state index contributed by atoms with van der Waals surface area (Å²) in [6.07, 6.45) is 0. The van der Waals surface area contributed by atoms with Gasteiger partial charge in [0.15, 0.2) is 9.99 Å². The molecular weight excluding hydrogens is 263 g/mol. The average molecular weight is 270 g/mol. The van der Waals surface area contributed by atoms with Gasteiger partial charge in [0.1, 0.15) is 0 Å². The van der Waals surface area contributed by atoms with Crippen molar-refractivity contribution in [3.05, 3.63) is 35.9 Å². The first-order valence-electron chi connectivity index (χ1n) is 3.78. The fourth-order valence-corrected chi connectivity index (χ4v) is 2.09. The molecule has 5 heteroatoms. The second kappa shape index (κ2) is 5.26. The summed E-state index contributed by atoms with van der Waals surface area (Å²) in [6.45, 7) is 0. The Hall–Kier alpha value is 0.110. The quantitative estimate of drug-likeness (QED) is 0.608. The number of alkyl halides is 2. The van der Waals surface area contributed by atoms with Crippen molar-refractivity contribution in [2.45, 2.75) is 4.21 Å². The average Bonchev–Trinajstić information content (AvgIpc) is 2.28. The molecule has 0 bridgehead atoms. The third kappa shape index (κ3) is 2.57. The van der Waals surface area contributed by atoms with Gasteiger partial charge in [-0.05, 0) is 21.7 Å². The van der Waals surface area contributed by atoms with Crippen LogP contribution < -0.4 is 0 Å². The van der Waals surface area contributed by atoms with E-state index in [-0.39, 0.29) is 11.7 Å². The van der Waals surface area contributed by atoms with Crippen LogP contribution in [0.4, 0.5) is 0 Å². The van der Waals surface area contributed by atoms with Crippen LogP contribution >= 0.6 is 44.9 Å². The number of rotatable bonds is 4. The molecule has 0 aromatic heterocycles. The van der Waals surface area contributed by atoms with Gasteiger partial charge in [0.05, 0.1) is 5.88 Å². The zero-order chi connectivity index (χ0) is 10.6. The van der Waals surface area contributed by atoms with Crippen LogP contribution in [0.2, 0.25) is 0 Å². The molecule has 1 rings (SSSR count). The van der Waals surface area contributed by atoms with Gasteiger partial charge in [-0.3, -0.25) is 4.79 Å². The smallest absolute Gasteiger partial charge is 0.196 e. The Morgan fingerprint density at radius 3 is 2.36 bits per heavy atom. The monoisotopic (exact) mass is 268 g/mol. The molecular formula is C9H7Cl3OS. The van der Waals surface area contributed by atoms with E-state index in [2.05, 4.69) is 0 Å². The summed E-state index contributed by atoms with van der Waals surface area (Å²) in [5.41, 5.74) is 0.510. The number of Topliss-reactive ketones (excluding diaryl/α,β-unsaturated/α-hetero) is 1. The highest BCUT2D eigenvalue weighted by Gasteiger charge is 2.36. The number of halogens is 3. The molecule has 0 spiro atoms. The van der Waals surface area contributed by atoms with Gasteiger partial charge in [0.2, 0.25) is 0 Å². The third-order valence-electron chi connectivity index (χ3n) is 1.67. The number of hydrogen-bond donors (Lipinski definition) is 0. The van der Waals surface area contributed by atoms with E-state index in [1.54, 1.807) is 24.3 Å². The van der Waals surface area contributed by atoms with Crippen molar-refractivity contribution in [3.63, 3.8) is 0 Å². The molecule has 0 aliphatic rings. The summed E-state index contributed by atoms with van der Waals surface area (Å²) in [4.78, 5) is 11.8. The van der Waals surface area contributed by atoms with Gasteiger partial charge in [0.25, 0.3) is 0 Å². The molecule has 1 aromatic rings. The van der Waals surface area contributed by atoms with Crippen molar-refractivity contribution in [2.75, 3.05) is 5.88 Å². The number of hydrogen-bond acceptors (Lipinski definition) is 2. The number of ketones is 1. The molecule has 0 aliphatic heterocycles. The lowest BCUT2D eigenvalue weighted by molar-refractivity contribution is 0.0982. The van der Waals surface area contributed by atoms with Crippen LogP contribution in [0.15, 0.2) is 30.3 Å². The number of carbonyl (C=O) groups is 1. The van der Waals surface area contributed by atoms with Crippen molar-refractivity contribution >= 4 is 50.6 Å². The molecule has 1 atom stereocenters. The van der Waals surface area contributed by atoms with E-state index in [1.807, 2.05) is 6.07 Å². The molecule has 0 aliphatic carbocycles. The summed E-state index contributed by atoms with van der Waals surface area (Å²) in [6, 6.07) is 8.70. The maximum Gasteiger partial charge on any atom is 0.196 e. The standard InChI is InChI=1S/C9H7Cl3OS/c10-6-9(11,14-12)8(13)7-4-2-1-3-5-7/h1-5H,6H2. The van der Waals surface area contributed by atoms with Crippen LogP contribution in [0, 0.1) is 0 Å². The van der Waals surface area contributed by atoms with Crippen molar-refractivity contribution < 1.29 is 4.79 Å². The van der Waals surface area contributed by atoms with E-state index >= 15 is 0 Å². The molecule has 0 amide bonds. The fraction of sp³-hybridized carbons (Fsp3) is 0.222. The highest BCUT2D eigenvalue weighted by Crippen LogP contribution is 2.37. The van der Waals surface area contributed by atoms with Crippen LogP contribution in [0.5, 0.6) is 0 Å². The van der Waals surface area contributed by atoms with Crippen LogP contribution in [0.3, 0.4) is 0 Å².